The lowest BCUT2D eigenvalue weighted by Gasteiger charge is -2.12. The largest absolute Gasteiger partial charge is 0.493 e. The Balaban J connectivity index is 1.78. The second kappa shape index (κ2) is 8.31. The zero-order chi connectivity index (χ0) is 20.3. The molecular weight excluding hydrogens is 376 g/mol. The predicted molar refractivity (Wildman–Crippen MR) is 113 cm³/mol. The Morgan fingerprint density at radius 1 is 1.00 bits per heavy atom. The van der Waals surface area contributed by atoms with Gasteiger partial charge in [-0.1, -0.05) is 11.3 Å². The summed E-state index contributed by atoms with van der Waals surface area (Å²) in [5.41, 5.74) is 4.02. The van der Waals surface area contributed by atoms with Gasteiger partial charge in [-0.2, -0.15) is 0 Å². The van der Waals surface area contributed by atoms with E-state index in [1.807, 2.05) is 13.0 Å². The van der Waals surface area contributed by atoms with Crippen LogP contribution in [0.3, 0.4) is 0 Å². The van der Waals surface area contributed by atoms with Crippen LogP contribution < -0.4 is 19.5 Å². The minimum atomic E-state index is -0.263. The van der Waals surface area contributed by atoms with Gasteiger partial charge in [0.1, 0.15) is 0 Å². The number of rotatable bonds is 6. The maximum absolute atomic E-state index is 12.3. The number of hydrogen-bond acceptors (Lipinski definition) is 6. The van der Waals surface area contributed by atoms with Crippen LogP contribution in [0.2, 0.25) is 0 Å². The highest BCUT2D eigenvalue weighted by Gasteiger charge is 2.12. The van der Waals surface area contributed by atoms with Gasteiger partial charge in [-0.05, 0) is 60.9 Å². The Morgan fingerprint density at radius 2 is 1.64 bits per heavy atom. The second-order valence-corrected chi connectivity index (χ2v) is 7.24. The first kappa shape index (κ1) is 19.7. The first-order valence-electron chi connectivity index (χ1n) is 8.62. The fourth-order valence-corrected chi connectivity index (χ4v) is 3.70. The predicted octanol–water partition coefficient (Wildman–Crippen LogP) is 4.59. The van der Waals surface area contributed by atoms with Crippen LogP contribution in [0.4, 0.5) is 5.13 Å². The van der Waals surface area contributed by atoms with E-state index in [0.29, 0.717) is 22.4 Å². The molecule has 0 radical (unpaired) electrons. The van der Waals surface area contributed by atoms with Crippen LogP contribution in [0.1, 0.15) is 16.7 Å². The maximum atomic E-state index is 12.3. The van der Waals surface area contributed by atoms with Crippen molar-refractivity contribution in [2.24, 2.45) is 0 Å². The number of amides is 1. The van der Waals surface area contributed by atoms with Crippen LogP contribution in [0.25, 0.3) is 16.3 Å². The monoisotopic (exact) mass is 398 g/mol. The Labute approximate surface area is 167 Å². The van der Waals surface area contributed by atoms with E-state index in [0.717, 1.165) is 15.8 Å². The first-order valence-corrected chi connectivity index (χ1v) is 9.43. The lowest BCUT2D eigenvalue weighted by Crippen LogP contribution is -2.07. The molecule has 0 spiro atoms. The maximum Gasteiger partial charge on any atom is 0.250 e. The molecule has 0 fully saturated rings. The number of carbonyl (C=O) groups is 1. The van der Waals surface area contributed by atoms with Crippen LogP contribution in [-0.2, 0) is 4.79 Å². The van der Waals surface area contributed by atoms with E-state index in [2.05, 4.69) is 23.3 Å². The molecule has 1 N–H and O–H groups in total. The zero-order valence-electron chi connectivity index (χ0n) is 16.5. The van der Waals surface area contributed by atoms with Crippen LogP contribution in [0.5, 0.6) is 17.2 Å². The molecular formula is C21H22N2O4S. The molecule has 2 aromatic carbocycles. The number of methoxy groups -OCH3 is 3. The highest BCUT2D eigenvalue weighted by molar-refractivity contribution is 7.22. The number of hydrogen-bond donors (Lipinski definition) is 1. The highest BCUT2D eigenvalue weighted by atomic mass is 32.1. The number of anilines is 1. The third-order valence-corrected chi connectivity index (χ3v) is 5.28. The van der Waals surface area contributed by atoms with Gasteiger partial charge in [0.2, 0.25) is 11.7 Å². The average molecular weight is 398 g/mol. The lowest BCUT2D eigenvalue weighted by molar-refractivity contribution is -0.111. The summed E-state index contributed by atoms with van der Waals surface area (Å²) in [6, 6.07) is 7.66. The number of ether oxygens (including phenoxy) is 3. The van der Waals surface area contributed by atoms with Gasteiger partial charge < -0.3 is 14.2 Å². The zero-order valence-corrected chi connectivity index (χ0v) is 17.3. The van der Waals surface area contributed by atoms with Crippen molar-refractivity contribution < 1.29 is 19.0 Å². The summed E-state index contributed by atoms with van der Waals surface area (Å²) in [7, 11) is 4.65. The van der Waals surface area contributed by atoms with E-state index >= 15 is 0 Å². The smallest absolute Gasteiger partial charge is 0.250 e. The van der Waals surface area contributed by atoms with Crippen molar-refractivity contribution in [1.82, 2.24) is 4.98 Å². The summed E-state index contributed by atoms with van der Waals surface area (Å²) in [5, 5.41) is 3.38. The van der Waals surface area contributed by atoms with E-state index in [1.54, 1.807) is 39.5 Å². The third-order valence-electron chi connectivity index (χ3n) is 4.35. The molecule has 0 aliphatic heterocycles. The van der Waals surface area contributed by atoms with Gasteiger partial charge in [0.15, 0.2) is 16.6 Å². The summed E-state index contributed by atoms with van der Waals surface area (Å²) in [6.45, 7) is 4.11. The molecule has 0 aliphatic carbocycles. The van der Waals surface area contributed by atoms with Crippen LogP contribution in [-0.4, -0.2) is 32.2 Å². The van der Waals surface area contributed by atoms with E-state index in [1.165, 1.54) is 28.5 Å². The molecule has 3 rings (SSSR count). The third kappa shape index (κ3) is 4.09. The molecule has 1 heterocycles. The van der Waals surface area contributed by atoms with Crippen LogP contribution in [0, 0.1) is 13.8 Å². The number of benzene rings is 2. The molecule has 0 atom stereocenters. The fraction of sp³-hybridized carbons (Fsp3) is 0.238. The topological polar surface area (TPSA) is 69.7 Å². The summed E-state index contributed by atoms with van der Waals surface area (Å²) < 4.78 is 17.0. The molecule has 0 saturated heterocycles. The molecule has 28 heavy (non-hydrogen) atoms. The Morgan fingerprint density at radius 3 is 2.25 bits per heavy atom. The Kier molecular flexibility index (Phi) is 5.84. The fourth-order valence-electron chi connectivity index (χ4n) is 2.75. The van der Waals surface area contributed by atoms with Crippen molar-refractivity contribution in [3.8, 4) is 17.2 Å². The summed E-state index contributed by atoms with van der Waals surface area (Å²) in [5.74, 6) is 1.30. The first-order chi connectivity index (χ1) is 13.4. The summed E-state index contributed by atoms with van der Waals surface area (Å²) in [4.78, 5) is 16.8. The molecule has 1 aromatic heterocycles. The van der Waals surface area contributed by atoms with Gasteiger partial charge >= 0.3 is 0 Å². The number of fused-ring (bicyclic) bond motifs is 1. The lowest BCUT2D eigenvalue weighted by atomic mass is 10.1. The summed E-state index contributed by atoms with van der Waals surface area (Å²) in [6.07, 6.45) is 3.13. The quantitative estimate of drug-likeness (QED) is 0.615. The molecule has 3 aromatic rings. The molecule has 146 valence electrons. The van der Waals surface area contributed by atoms with E-state index in [9.17, 15) is 4.79 Å². The molecule has 0 unspecified atom stereocenters. The number of nitrogens with one attached hydrogen (secondary N) is 1. The van der Waals surface area contributed by atoms with Gasteiger partial charge in [0.05, 0.1) is 31.5 Å². The van der Waals surface area contributed by atoms with Crippen molar-refractivity contribution in [2.75, 3.05) is 26.6 Å². The minimum absolute atomic E-state index is 0.263. The standard InChI is InChI=1S/C21H22N2O4S/c1-12-8-15-18(9-13(12)2)28-21(22-15)23-19(24)7-6-14-10-16(25-3)20(27-5)17(11-14)26-4/h6-11H,1-5H3,(H,22,23,24)/b7-6+. The number of aromatic nitrogens is 1. The van der Waals surface area contributed by atoms with Gasteiger partial charge in [0, 0.05) is 6.08 Å². The van der Waals surface area contributed by atoms with Crippen molar-refractivity contribution in [1.29, 1.82) is 0 Å². The van der Waals surface area contributed by atoms with E-state index in [-0.39, 0.29) is 5.91 Å². The number of aryl methyl sites for hydroxylation is 2. The number of carbonyl (C=O) groups excluding carboxylic acids is 1. The van der Waals surface area contributed by atoms with Crippen molar-refractivity contribution in [3.63, 3.8) is 0 Å². The van der Waals surface area contributed by atoms with Crippen LogP contribution >= 0.6 is 11.3 Å². The van der Waals surface area contributed by atoms with Gasteiger partial charge in [-0.3, -0.25) is 10.1 Å². The highest BCUT2D eigenvalue weighted by Crippen LogP contribution is 2.38. The minimum Gasteiger partial charge on any atom is -0.493 e. The van der Waals surface area contributed by atoms with Gasteiger partial charge in [-0.25, -0.2) is 4.98 Å². The molecule has 7 heteroatoms. The molecule has 1 amide bonds. The molecule has 0 saturated carbocycles. The number of thiazole rings is 1. The van der Waals surface area contributed by atoms with Crippen molar-refractivity contribution in [2.45, 2.75) is 13.8 Å². The second-order valence-electron chi connectivity index (χ2n) is 6.20. The normalized spacial score (nSPS) is 11.0. The van der Waals surface area contributed by atoms with E-state index in [4.69, 9.17) is 14.2 Å². The molecule has 0 aliphatic rings. The SMILES string of the molecule is COc1cc(/C=C/C(=O)Nc2nc3cc(C)c(C)cc3s2)cc(OC)c1OC. The van der Waals surface area contributed by atoms with E-state index < -0.39 is 0 Å². The van der Waals surface area contributed by atoms with Crippen molar-refractivity contribution in [3.05, 3.63) is 47.0 Å². The average Bonchev–Trinajstić information content (AvgIpc) is 3.06. The Hall–Kier alpha value is -3.06. The van der Waals surface area contributed by atoms with Gasteiger partial charge in [0.25, 0.3) is 0 Å². The van der Waals surface area contributed by atoms with Crippen molar-refractivity contribution >= 4 is 38.7 Å². The molecule has 6 nitrogen and oxygen atoms in total. The Bertz CT molecular complexity index is 992. The van der Waals surface area contributed by atoms with Gasteiger partial charge in [-0.15, -0.1) is 0 Å². The van der Waals surface area contributed by atoms with Crippen LogP contribution in [0.15, 0.2) is 30.3 Å². The number of nitrogens with zero attached hydrogens (tertiary/aromatic N) is 1. The molecule has 0 bridgehead atoms. The summed E-state index contributed by atoms with van der Waals surface area (Å²) >= 11 is 1.45.